The summed E-state index contributed by atoms with van der Waals surface area (Å²) in [6, 6.07) is 10.2. The second-order valence-electron chi connectivity index (χ2n) is 3.85. The van der Waals surface area contributed by atoms with Gasteiger partial charge in [-0.05, 0) is 24.3 Å². The van der Waals surface area contributed by atoms with Crippen molar-refractivity contribution in [3.63, 3.8) is 0 Å². The van der Waals surface area contributed by atoms with Gasteiger partial charge in [0.1, 0.15) is 11.6 Å². The van der Waals surface area contributed by atoms with Gasteiger partial charge in [0.15, 0.2) is 0 Å². The summed E-state index contributed by atoms with van der Waals surface area (Å²) in [5.41, 5.74) is 2.34. The van der Waals surface area contributed by atoms with Gasteiger partial charge in [0.05, 0.1) is 16.8 Å². The molecule has 0 spiro atoms. The Balaban J connectivity index is 2.11. The minimum Gasteiger partial charge on any atom is -0.507 e. The average molecular weight is 293 g/mol. The van der Waals surface area contributed by atoms with Gasteiger partial charge >= 0.3 is 0 Å². The topological polar surface area (TPSA) is 61.7 Å². The molecule has 0 unspecified atom stereocenters. The van der Waals surface area contributed by atoms with Gasteiger partial charge in [0.2, 0.25) is 0 Å². The number of carbonyl (C=O) groups is 1. The van der Waals surface area contributed by atoms with Crippen molar-refractivity contribution in [2.75, 3.05) is 0 Å². The van der Waals surface area contributed by atoms with Crippen LogP contribution in [0.25, 0.3) is 0 Å². The molecule has 0 aliphatic carbocycles. The van der Waals surface area contributed by atoms with Crippen molar-refractivity contribution >= 4 is 23.7 Å². The zero-order valence-corrected chi connectivity index (χ0v) is 10.9. The normalized spacial score (nSPS) is 10.7. The number of hydrogen-bond donors (Lipinski definition) is 2. The maximum atomic E-state index is 13.4. The Morgan fingerprint density at radius 3 is 2.70 bits per heavy atom. The van der Waals surface area contributed by atoms with Gasteiger partial charge in [-0.2, -0.15) is 5.10 Å². The number of nitrogens with zero attached hydrogens (tertiary/aromatic N) is 1. The van der Waals surface area contributed by atoms with Crippen LogP contribution in [-0.4, -0.2) is 17.2 Å². The SMILES string of the molecule is O=C(N/N=C/c1c(F)cccc1Cl)c1ccccc1O. The highest BCUT2D eigenvalue weighted by molar-refractivity contribution is 6.33. The largest absolute Gasteiger partial charge is 0.507 e. The smallest absolute Gasteiger partial charge is 0.275 e. The average Bonchev–Trinajstić information content (AvgIpc) is 2.42. The third-order valence-electron chi connectivity index (χ3n) is 2.51. The first kappa shape index (κ1) is 14.0. The molecule has 2 aromatic rings. The summed E-state index contributed by atoms with van der Waals surface area (Å²) >= 11 is 5.80. The fraction of sp³-hybridized carbons (Fsp3) is 0. The van der Waals surface area contributed by atoms with E-state index in [4.69, 9.17) is 11.6 Å². The molecule has 0 saturated heterocycles. The number of carbonyl (C=O) groups excluding carboxylic acids is 1. The van der Waals surface area contributed by atoms with Crippen LogP contribution in [0.15, 0.2) is 47.6 Å². The molecule has 0 aromatic heterocycles. The minimum absolute atomic E-state index is 0.0734. The Kier molecular flexibility index (Phi) is 4.32. The van der Waals surface area contributed by atoms with Crippen LogP contribution >= 0.6 is 11.6 Å². The lowest BCUT2D eigenvalue weighted by Crippen LogP contribution is -2.17. The number of para-hydroxylation sites is 1. The molecule has 4 nitrogen and oxygen atoms in total. The van der Waals surface area contributed by atoms with Crippen molar-refractivity contribution in [3.05, 3.63) is 64.4 Å². The van der Waals surface area contributed by atoms with Crippen molar-refractivity contribution < 1.29 is 14.3 Å². The van der Waals surface area contributed by atoms with Gasteiger partial charge in [0.25, 0.3) is 5.91 Å². The van der Waals surface area contributed by atoms with Crippen LogP contribution in [0, 0.1) is 5.82 Å². The summed E-state index contributed by atoms with van der Waals surface area (Å²) in [4.78, 5) is 11.7. The molecule has 0 aliphatic rings. The summed E-state index contributed by atoms with van der Waals surface area (Å²) in [7, 11) is 0. The van der Waals surface area contributed by atoms with Crippen LogP contribution in [0.4, 0.5) is 4.39 Å². The molecular formula is C14H10ClFN2O2. The van der Waals surface area contributed by atoms with Gasteiger partial charge in [0, 0.05) is 5.56 Å². The number of hydrazone groups is 1. The molecule has 2 rings (SSSR count). The van der Waals surface area contributed by atoms with E-state index in [0.29, 0.717) is 0 Å². The Labute approximate surface area is 119 Å². The zero-order valence-electron chi connectivity index (χ0n) is 10.2. The maximum absolute atomic E-state index is 13.4. The number of phenolic OH excluding ortho intramolecular Hbond substituents is 1. The fourth-order valence-corrected chi connectivity index (χ4v) is 1.73. The number of hydrogen-bond acceptors (Lipinski definition) is 3. The molecule has 0 bridgehead atoms. The van der Waals surface area contributed by atoms with Crippen LogP contribution in [0.2, 0.25) is 5.02 Å². The van der Waals surface area contributed by atoms with Crippen molar-refractivity contribution in [1.29, 1.82) is 0 Å². The summed E-state index contributed by atoms with van der Waals surface area (Å²) < 4.78 is 13.4. The molecule has 20 heavy (non-hydrogen) atoms. The molecule has 0 atom stereocenters. The summed E-state index contributed by atoms with van der Waals surface area (Å²) in [5.74, 6) is -1.31. The molecule has 102 valence electrons. The highest BCUT2D eigenvalue weighted by atomic mass is 35.5. The van der Waals surface area contributed by atoms with Crippen LogP contribution in [-0.2, 0) is 0 Å². The lowest BCUT2D eigenvalue weighted by atomic mass is 10.2. The second kappa shape index (κ2) is 6.16. The van der Waals surface area contributed by atoms with E-state index in [9.17, 15) is 14.3 Å². The van der Waals surface area contributed by atoms with E-state index in [-0.39, 0.29) is 21.9 Å². The van der Waals surface area contributed by atoms with Crippen molar-refractivity contribution in [1.82, 2.24) is 5.43 Å². The van der Waals surface area contributed by atoms with Gasteiger partial charge in [-0.25, -0.2) is 9.82 Å². The lowest BCUT2D eigenvalue weighted by Gasteiger charge is -2.02. The van der Waals surface area contributed by atoms with E-state index in [2.05, 4.69) is 10.5 Å². The quantitative estimate of drug-likeness (QED) is 0.675. The van der Waals surface area contributed by atoms with E-state index >= 15 is 0 Å². The van der Waals surface area contributed by atoms with Crippen LogP contribution in [0.5, 0.6) is 5.75 Å². The van der Waals surface area contributed by atoms with Gasteiger partial charge < -0.3 is 5.11 Å². The monoisotopic (exact) mass is 292 g/mol. The van der Waals surface area contributed by atoms with Gasteiger partial charge in [-0.15, -0.1) is 0 Å². The number of aromatic hydroxyl groups is 1. The second-order valence-corrected chi connectivity index (χ2v) is 4.26. The summed E-state index contributed by atoms with van der Waals surface area (Å²) in [5, 5.41) is 13.3. The van der Waals surface area contributed by atoms with E-state index in [1.54, 1.807) is 12.1 Å². The van der Waals surface area contributed by atoms with Gasteiger partial charge in [-0.3, -0.25) is 4.79 Å². The number of phenols is 1. The molecule has 2 N–H and O–H groups in total. The van der Waals surface area contributed by atoms with Gasteiger partial charge in [-0.1, -0.05) is 29.8 Å². The number of rotatable bonds is 3. The highest BCUT2D eigenvalue weighted by Crippen LogP contribution is 2.17. The van der Waals surface area contributed by atoms with E-state index < -0.39 is 11.7 Å². The summed E-state index contributed by atoms with van der Waals surface area (Å²) in [6.45, 7) is 0. The fourth-order valence-electron chi connectivity index (χ4n) is 1.52. The number of benzene rings is 2. The standard InChI is InChI=1S/C14H10ClFN2O2/c15-11-5-3-6-12(16)10(11)8-17-18-14(20)9-4-1-2-7-13(9)19/h1-8,19H,(H,18,20)/b17-8+. The first-order valence-corrected chi connectivity index (χ1v) is 6.03. The molecular weight excluding hydrogens is 283 g/mol. The number of halogens is 2. The molecule has 0 fully saturated rings. The predicted molar refractivity (Wildman–Crippen MR) is 74.6 cm³/mol. The predicted octanol–water partition coefficient (Wildman–Crippen LogP) is 2.95. The molecule has 0 radical (unpaired) electrons. The van der Waals surface area contributed by atoms with Crippen LogP contribution < -0.4 is 5.43 Å². The van der Waals surface area contributed by atoms with Crippen LogP contribution in [0.1, 0.15) is 15.9 Å². The van der Waals surface area contributed by atoms with Crippen molar-refractivity contribution in [2.45, 2.75) is 0 Å². The molecule has 2 aromatic carbocycles. The zero-order chi connectivity index (χ0) is 14.5. The van der Waals surface area contributed by atoms with E-state index in [0.717, 1.165) is 6.21 Å². The molecule has 0 saturated carbocycles. The highest BCUT2D eigenvalue weighted by Gasteiger charge is 2.09. The Morgan fingerprint density at radius 2 is 2.00 bits per heavy atom. The Hall–Kier alpha value is -2.40. The third kappa shape index (κ3) is 3.13. The van der Waals surface area contributed by atoms with E-state index in [1.807, 2.05) is 0 Å². The first-order valence-electron chi connectivity index (χ1n) is 5.65. The molecule has 0 heterocycles. The van der Waals surface area contributed by atoms with E-state index in [1.165, 1.54) is 30.3 Å². The Morgan fingerprint density at radius 1 is 1.25 bits per heavy atom. The van der Waals surface area contributed by atoms with Crippen LogP contribution in [0.3, 0.4) is 0 Å². The Bertz CT molecular complexity index is 654. The number of amides is 1. The van der Waals surface area contributed by atoms with Crippen molar-refractivity contribution in [3.8, 4) is 5.75 Å². The molecule has 6 heteroatoms. The molecule has 0 aliphatic heterocycles. The number of nitrogens with one attached hydrogen (secondary N) is 1. The first-order chi connectivity index (χ1) is 9.59. The minimum atomic E-state index is -0.605. The van der Waals surface area contributed by atoms with Crippen molar-refractivity contribution in [2.24, 2.45) is 5.10 Å². The third-order valence-corrected chi connectivity index (χ3v) is 2.84. The lowest BCUT2D eigenvalue weighted by molar-refractivity contribution is 0.0952. The molecule has 1 amide bonds. The summed E-state index contributed by atoms with van der Waals surface area (Å²) in [6.07, 6.45) is 1.11. The maximum Gasteiger partial charge on any atom is 0.275 e.